The molecule has 0 saturated heterocycles. The van der Waals surface area contributed by atoms with Gasteiger partial charge in [0.15, 0.2) is 0 Å². The van der Waals surface area contributed by atoms with Crippen LogP contribution in [0.15, 0.2) is 0 Å². The number of nitrogens with one attached hydrogen (secondary N) is 2. The van der Waals surface area contributed by atoms with Crippen molar-refractivity contribution in [1.29, 1.82) is 0 Å². The molecule has 0 aliphatic rings. The van der Waals surface area contributed by atoms with E-state index in [-0.39, 0.29) is 23.7 Å². The third-order valence-corrected chi connectivity index (χ3v) is 1.77. The number of rotatable bonds is 5. The van der Waals surface area contributed by atoms with Crippen LogP contribution in [0.3, 0.4) is 0 Å². The second-order valence-electron chi connectivity index (χ2n) is 3.89. The van der Waals surface area contributed by atoms with Crippen LogP contribution in [-0.4, -0.2) is 24.9 Å². The fourth-order valence-electron chi connectivity index (χ4n) is 0.780. The Morgan fingerprint density at radius 2 is 1.14 bits per heavy atom. The van der Waals surface area contributed by atoms with E-state index < -0.39 is 0 Å². The van der Waals surface area contributed by atoms with Crippen molar-refractivity contribution in [3.63, 3.8) is 0 Å². The molecular weight excluding hydrogens is 180 g/mol. The van der Waals surface area contributed by atoms with Crippen LogP contribution in [0.4, 0.5) is 0 Å². The smallest absolute Gasteiger partial charge is 0.222 e. The quantitative estimate of drug-likeness (QED) is 0.636. The Hall–Kier alpha value is -1.06. The van der Waals surface area contributed by atoms with Crippen LogP contribution >= 0.6 is 0 Å². The van der Waals surface area contributed by atoms with Gasteiger partial charge in [-0.25, -0.2) is 0 Å². The molecule has 0 aromatic heterocycles. The second kappa shape index (κ2) is 6.40. The Balaban J connectivity index is 3.48. The van der Waals surface area contributed by atoms with E-state index in [4.69, 9.17) is 0 Å². The molecule has 0 radical (unpaired) electrons. The number of carbonyl (C=O) groups is 2. The first-order valence-electron chi connectivity index (χ1n) is 5.00. The Kier molecular flexibility index (Phi) is 5.92. The van der Waals surface area contributed by atoms with Gasteiger partial charge >= 0.3 is 0 Å². The van der Waals surface area contributed by atoms with E-state index in [0.29, 0.717) is 13.1 Å². The van der Waals surface area contributed by atoms with Crippen molar-refractivity contribution < 1.29 is 9.59 Å². The largest absolute Gasteiger partial charge is 0.354 e. The van der Waals surface area contributed by atoms with Crippen LogP contribution in [0.25, 0.3) is 0 Å². The number of carbonyl (C=O) groups excluding carboxylic acids is 2. The normalized spacial score (nSPS) is 10.4. The molecule has 2 amide bonds. The summed E-state index contributed by atoms with van der Waals surface area (Å²) in [4.78, 5) is 22.2. The van der Waals surface area contributed by atoms with Gasteiger partial charge in [-0.2, -0.15) is 0 Å². The number of amides is 2. The van der Waals surface area contributed by atoms with Gasteiger partial charge in [-0.3, -0.25) is 9.59 Å². The first kappa shape index (κ1) is 12.9. The summed E-state index contributed by atoms with van der Waals surface area (Å²) in [6.45, 7) is 8.33. The Morgan fingerprint density at radius 1 is 0.857 bits per heavy atom. The Morgan fingerprint density at radius 3 is 1.36 bits per heavy atom. The van der Waals surface area contributed by atoms with Crippen molar-refractivity contribution in [3.8, 4) is 0 Å². The lowest BCUT2D eigenvalue weighted by atomic mass is 10.2. The minimum absolute atomic E-state index is 0.00389. The molecule has 4 nitrogen and oxygen atoms in total. The zero-order chi connectivity index (χ0) is 11.1. The average Bonchev–Trinajstić information content (AvgIpc) is 2.11. The zero-order valence-electron chi connectivity index (χ0n) is 9.39. The topological polar surface area (TPSA) is 58.2 Å². The molecule has 0 aromatic carbocycles. The molecular formula is C10H20N2O2. The van der Waals surface area contributed by atoms with E-state index in [1.54, 1.807) is 0 Å². The highest BCUT2D eigenvalue weighted by molar-refractivity contribution is 5.78. The molecule has 0 saturated carbocycles. The van der Waals surface area contributed by atoms with Gasteiger partial charge in [-0.15, -0.1) is 0 Å². The average molecular weight is 200 g/mol. The van der Waals surface area contributed by atoms with E-state index >= 15 is 0 Å². The third-order valence-electron chi connectivity index (χ3n) is 1.77. The van der Waals surface area contributed by atoms with Gasteiger partial charge in [0, 0.05) is 24.9 Å². The molecule has 0 aromatic rings. The van der Waals surface area contributed by atoms with Crippen LogP contribution in [0.1, 0.15) is 27.7 Å². The molecule has 0 unspecified atom stereocenters. The summed E-state index contributed by atoms with van der Waals surface area (Å²) >= 11 is 0. The maximum Gasteiger partial charge on any atom is 0.222 e. The lowest BCUT2D eigenvalue weighted by molar-refractivity contribution is -0.125. The second-order valence-corrected chi connectivity index (χ2v) is 3.89. The van der Waals surface area contributed by atoms with E-state index in [2.05, 4.69) is 10.6 Å². The third kappa shape index (κ3) is 5.56. The van der Waals surface area contributed by atoms with Gasteiger partial charge < -0.3 is 10.6 Å². The van der Waals surface area contributed by atoms with Gasteiger partial charge in [0.1, 0.15) is 0 Å². The molecule has 0 bridgehead atoms. The first-order valence-corrected chi connectivity index (χ1v) is 5.00. The summed E-state index contributed by atoms with van der Waals surface area (Å²) < 4.78 is 0. The SMILES string of the molecule is CC(C)C(=O)NCCNC(=O)C(C)C. The van der Waals surface area contributed by atoms with Crippen molar-refractivity contribution >= 4 is 11.8 Å². The lowest BCUT2D eigenvalue weighted by Gasteiger charge is -2.09. The predicted molar refractivity (Wildman–Crippen MR) is 55.7 cm³/mol. The molecule has 0 heterocycles. The van der Waals surface area contributed by atoms with Crippen LogP contribution in [-0.2, 0) is 9.59 Å². The van der Waals surface area contributed by atoms with E-state index in [0.717, 1.165) is 0 Å². The standard InChI is InChI=1S/C10H20N2O2/c1-7(2)9(13)11-5-6-12-10(14)8(3)4/h7-8H,5-6H2,1-4H3,(H,11,13)(H,12,14). The summed E-state index contributed by atoms with van der Waals surface area (Å²) in [7, 11) is 0. The molecule has 82 valence electrons. The fourth-order valence-corrected chi connectivity index (χ4v) is 0.780. The van der Waals surface area contributed by atoms with E-state index in [1.807, 2.05) is 27.7 Å². The summed E-state index contributed by atoms with van der Waals surface area (Å²) in [6.07, 6.45) is 0. The van der Waals surface area contributed by atoms with Crippen molar-refractivity contribution in [2.24, 2.45) is 11.8 Å². The molecule has 14 heavy (non-hydrogen) atoms. The number of hydrogen-bond acceptors (Lipinski definition) is 2. The highest BCUT2D eigenvalue weighted by Gasteiger charge is 2.07. The summed E-state index contributed by atoms with van der Waals surface area (Å²) in [5.74, 6) is 0.0270. The molecule has 2 N–H and O–H groups in total. The minimum Gasteiger partial charge on any atom is -0.354 e. The van der Waals surface area contributed by atoms with Crippen LogP contribution in [0.5, 0.6) is 0 Å². The van der Waals surface area contributed by atoms with Crippen LogP contribution < -0.4 is 10.6 Å². The summed E-state index contributed by atoms with van der Waals surface area (Å²) in [5.41, 5.74) is 0. The summed E-state index contributed by atoms with van der Waals surface area (Å²) in [5, 5.41) is 5.45. The van der Waals surface area contributed by atoms with Crippen LogP contribution in [0.2, 0.25) is 0 Å². The molecule has 0 rings (SSSR count). The zero-order valence-corrected chi connectivity index (χ0v) is 9.39. The lowest BCUT2D eigenvalue weighted by Crippen LogP contribution is -2.37. The molecule has 0 atom stereocenters. The van der Waals surface area contributed by atoms with Gasteiger partial charge in [0.2, 0.25) is 11.8 Å². The van der Waals surface area contributed by atoms with Gasteiger partial charge in [-0.05, 0) is 0 Å². The monoisotopic (exact) mass is 200 g/mol. The Labute approximate surface area is 85.4 Å². The van der Waals surface area contributed by atoms with Crippen molar-refractivity contribution in [2.45, 2.75) is 27.7 Å². The van der Waals surface area contributed by atoms with Crippen LogP contribution in [0, 0.1) is 11.8 Å². The fraction of sp³-hybridized carbons (Fsp3) is 0.800. The van der Waals surface area contributed by atoms with Gasteiger partial charge in [0.25, 0.3) is 0 Å². The molecule has 0 aliphatic heterocycles. The minimum atomic E-state index is -0.00389. The van der Waals surface area contributed by atoms with Crippen molar-refractivity contribution in [1.82, 2.24) is 10.6 Å². The van der Waals surface area contributed by atoms with Gasteiger partial charge in [-0.1, -0.05) is 27.7 Å². The Bertz CT molecular complexity index is 178. The highest BCUT2D eigenvalue weighted by Crippen LogP contribution is 1.90. The maximum atomic E-state index is 11.1. The molecule has 0 spiro atoms. The first-order chi connectivity index (χ1) is 6.45. The highest BCUT2D eigenvalue weighted by atomic mass is 16.2. The summed E-state index contributed by atoms with van der Waals surface area (Å²) in [6, 6.07) is 0. The molecule has 0 aliphatic carbocycles. The number of hydrogen-bond donors (Lipinski definition) is 2. The predicted octanol–water partition coefficient (Wildman–Crippen LogP) is 0.531. The molecule has 4 heteroatoms. The van der Waals surface area contributed by atoms with Crippen molar-refractivity contribution in [2.75, 3.05) is 13.1 Å². The van der Waals surface area contributed by atoms with E-state index in [1.165, 1.54) is 0 Å². The van der Waals surface area contributed by atoms with Gasteiger partial charge in [0.05, 0.1) is 0 Å². The van der Waals surface area contributed by atoms with Crippen molar-refractivity contribution in [3.05, 3.63) is 0 Å². The van der Waals surface area contributed by atoms with E-state index in [9.17, 15) is 9.59 Å². The molecule has 0 fully saturated rings. The maximum absolute atomic E-state index is 11.1.